The molecule has 0 radical (unpaired) electrons. The van der Waals surface area contributed by atoms with Crippen LogP contribution in [0.1, 0.15) is 51.0 Å². The number of nitrogens with one attached hydrogen (secondary N) is 1. The average molecular weight is 474 g/mol. The molecule has 2 heterocycles. The molecule has 2 atom stereocenters. The first-order valence-corrected chi connectivity index (χ1v) is 12.0. The van der Waals surface area contributed by atoms with Gasteiger partial charge in [0.1, 0.15) is 12.2 Å². The molecule has 2 saturated heterocycles. The van der Waals surface area contributed by atoms with Crippen molar-refractivity contribution in [1.29, 1.82) is 0 Å². The smallest absolute Gasteiger partial charge is 0.334 e. The molecule has 2 fully saturated rings. The van der Waals surface area contributed by atoms with E-state index in [2.05, 4.69) is 12.2 Å². The number of hydrogen-bond acceptors (Lipinski definition) is 5. The van der Waals surface area contributed by atoms with Crippen molar-refractivity contribution in [2.75, 3.05) is 26.7 Å². The van der Waals surface area contributed by atoms with Gasteiger partial charge in [0.15, 0.2) is 0 Å². The Morgan fingerprint density at radius 2 is 1.85 bits per heavy atom. The lowest BCUT2D eigenvalue weighted by atomic mass is 10.0. The molecule has 10 nitrogen and oxygen atoms in total. The minimum absolute atomic E-state index is 0.0189. The Morgan fingerprint density at radius 1 is 1.12 bits per heavy atom. The van der Waals surface area contributed by atoms with E-state index in [1.807, 2.05) is 30.3 Å². The molecule has 1 aromatic rings. The number of amides is 4. The van der Waals surface area contributed by atoms with Gasteiger partial charge in [0.25, 0.3) is 0 Å². The molecule has 34 heavy (non-hydrogen) atoms. The summed E-state index contributed by atoms with van der Waals surface area (Å²) in [5.41, 5.74) is 0.944. The fraction of sp³-hybridized carbons (Fsp3) is 0.583. The van der Waals surface area contributed by atoms with Crippen LogP contribution in [0.4, 0.5) is 4.79 Å². The van der Waals surface area contributed by atoms with Crippen LogP contribution >= 0.6 is 0 Å². The van der Waals surface area contributed by atoms with Gasteiger partial charge in [-0.3, -0.25) is 14.4 Å². The number of rotatable bonds is 10. The number of fused-ring (bicyclic) bond motifs is 1. The minimum Gasteiger partial charge on any atom is -0.481 e. The topological polar surface area (TPSA) is 114 Å². The fourth-order valence-corrected chi connectivity index (χ4v) is 4.63. The zero-order chi connectivity index (χ0) is 24.7. The van der Waals surface area contributed by atoms with Gasteiger partial charge < -0.3 is 20.2 Å². The summed E-state index contributed by atoms with van der Waals surface area (Å²) in [6, 6.07) is 8.25. The highest BCUT2D eigenvalue weighted by molar-refractivity contribution is 5.91. The highest BCUT2D eigenvalue weighted by Crippen LogP contribution is 2.28. The van der Waals surface area contributed by atoms with Gasteiger partial charge >= 0.3 is 12.0 Å². The number of likely N-dealkylation sites (N-methyl/N-ethyl adjacent to an activating group) is 1. The van der Waals surface area contributed by atoms with Crippen LogP contribution in [0.2, 0.25) is 0 Å². The van der Waals surface area contributed by atoms with Crippen LogP contribution in [0, 0.1) is 0 Å². The predicted molar refractivity (Wildman–Crippen MR) is 125 cm³/mol. The van der Waals surface area contributed by atoms with Gasteiger partial charge in [0, 0.05) is 26.6 Å². The molecule has 2 N–H and O–H groups in total. The molecular formula is C24H35N5O5. The molecule has 10 heteroatoms. The Labute approximate surface area is 200 Å². The first kappa shape index (κ1) is 25.5. The summed E-state index contributed by atoms with van der Waals surface area (Å²) in [6.07, 6.45) is 3.04. The van der Waals surface area contributed by atoms with Crippen molar-refractivity contribution in [1.82, 2.24) is 25.1 Å². The van der Waals surface area contributed by atoms with Crippen molar-refractivity contribution >= 4 is 23.8 Å². The molecular weight excluding hydrogens is 438 g/mol. The van der Waals surface area contributed by atoms with Crippen molar-refractivity contribution < 1.29 is 24.3 Å². The Morgan fingerprint density at radius 3 is 2.53 bits per heavy atom. The van der Waals surface area contributed by atoms with E-state index < -0.39 is 18.2 Å². The zero-order valence-electron chi connectivity index (χ0n) is 20.0. The van der Waals surface area contributed by atoms with Crippen LogP contribution in [0.5, 0.6) is 0 Å². The summed E-state index contributed by atoms with van der Waals surface area (Å²) in [7, 11) is 1.67. The van der Waals surface area contributed by atoms with Gasteiger partial charge in [-0.25, -0.2) is 14.8 Å². The van der Waals surface area contributed by atoms with Crippen molar-refractivity contribution in [2.45, 2.75) is 64.2 Å². The summed E-state index contributed by atoms with van der Waals surface area (Å²) >= 11 is 0. The minimum atomic E-state index is -1.02. The first-order valence-electron chi connectivity index (χ1n) is 12.0. The summed E-state index contributed by atoms with van der Waals surface area (Å²) in [6.45, 7) is 3.09. The van der Waals surface area contributed by atoms with E-state index in [9.17, 15) is 24.3 Å². The Kier molecular flexibility index (Phi) is 8.86. The molecule has 0 unspecified atom stereocenters. The summed E-state index contributed by atoms with van der Waals surface area (Å²) in [5.74, 6) is -1.55. The maximum atomic E-state index is 13.3. The summed E-state index contributed by atoms with van der Waals surface area (Å²) in [4.78, 5) is 53.9. The van der Waals surface area contributed by atoms with E-state index in [-0.39, 0.29) is 43.8 Å². The van der Waals surface area contributed by atoms with Gasteiger partial charge in [-0.1, -0.05) is 56.5 Å². The number of aliphatic carboxylic acids is 1. The molecule has 0 saturated carbocycles. The molecule has 4 amide bonds. The van der Waals surface area contributed by atoms with Gasteiger partial charge in [0.2, 0.25) is 11.8 Å². The standard InChI is InChI=1S/C24H35N5O5/c1-3-4-5-9-14-27-16-20-28(19(23(27)33)12-13-22(31)32)21(30)17-26(2)29(20)24(34)25-15-18-10-7-6-8-11-18/h6-8,10-11,19-20H,3-5,9,12-17H2,1-2H3,(H,25,34)(H,31,32)/t19-,20-/m0/s1. The van der Waals surface area contributed by atoms with E-state index in [1.54, 1.807) is 17.0 Å². The van der Waals surface area contributed by atoms with Crippen molar-refractivity contribution in [3.05, 3.63) is 35.9 Å². The number of unbranched alkanes of at least 4 members (excludes halogenated alkanes) is 3. The SMILES string of the molecule is CCCCCCN1C[C@H]2N(C(=O)CN(C)N2C(=O)NCc2ccccc2)[C@@H](CCC(=O)O)C1=O. The molecule has 2 aliphatic rings. The second-order valence-corrected chi connectivity index (χ2v) is 8.88. The van der Waals surface area contributed by atoms with Crippen molar-refractivity contribution in [3.8, 4) is 0 Å². The van der Waals surface area contributed by atoms with Crippen LogP contribution in [0.15, 0.2) is 30.3 Å². The van der Waals surface area contributed by atoms with E-state index in [1.165, 1.54) is 9.91 Å². The Hall–Kier alpha value is -3.14. The lowest BCUT2D eigenvalue weighted by Gasteiger charge is -2.54. The van der Waals surface area contributed by atoms with Crippen LogP contribution < -0.4 is 5.32 Å². The third-order valence-electron chi connectivity index (χ3n) is 6.35. The lowest BCUT2D eigenvalue weighted by molar-refractivity contribution is -0.187. The lowest BCUT2D eigenvalue weighted by Crippen LogP contribution is -2.76. The molecule has 0 aromatic heterocycles. The van der Waals surface area contributed by atoms with Crippen molar-refractivity contribution in [3.63, 3.8) is 0 Å². The number of carbonyl (C=O) groups excluding carboxylic acids is 3. The number of nitrogens with zero attached hydrogens (tertiary/aromatic N) is 4. The second-order valence-electron chi connectivity index (χ2n) is 8.88. The molecule has 3 rings (SSSR count). The molecule has 1 aromatic carbocycles. The number of piperazine rings is 1. The molecule has 186 valence electrons. The predicted octanol–water partition coefficient (Wildman–Crippen LogP) is 1.87. The van der Waals surface area contributed by atoms with Gasteiger partial charge in [-0.15, -0.1) is 0 Å². The van der Waals surface area contributed by atoms with Crippen LogP contribution in [0.25, 0.3) is 0 Å². The van der Waals surface area contributed by atoms with Gasteiger partial charge in [0.05, 0.1) is 13.1 Å². The maximum absolute atomic E-state index is 13.3. The van der Waals surface area contributed by atoms with Gasteiger partial charge in [-0.2, -0.15) is 0 Å². The largest absolute Gasteiger partial charge is 0.481 e. The Balaban J connectivity index is 1.81. The number of carboxylic acids is 1. The number of benzene rings is 1. The quantitative estimate of drug-likeness (QED) is 0.502. The third kappa shape index (κ3) is 6.05. The fourth-order valence-electron chi connectivity index (χ4n) is 4.63. The number of carbonyl (C=O) groups is 4. The van der Waals surface area contributed by atoms with Crippen molar-refractivity contribution in [2.24, 2.45) is 0 Å². The Bertz CT molecular complexity index is 880. The molecule has 0 spiro atoms. The monoisotopic (exact) mass is 473 g/mol. The van der Waals surface area contributed by atoms with E-state index in [4.69, 9.17) is 0 Å². The normalized spacial score (nSPS) is 20.9. The summed E-state index contributed by atoms with van der Waals surface area (Å²) < 4.78 is 0. The van der Waals surface area contributed by atoms with Crippen LogP contribution in [0.3, 0.4) is 0 Å². The van der Waals surface area contributed by atoms with E-state index >= 15 is 0 Å². The highest BCUT2D eigenvalue weighted by Gasteiger charge is 2.50. The second kappa shape index (κ2) is 11.8. The summed E-state index contributed by atoms with van der Waals surface area (Å²) in [5, 5.41) is 15.2. The third-order valence-corrected chi connectivity index (χ3v) is 6.35. The number of carboxylic acid groups (broad SMARTS) is 1. The maximum Gasteiger partial charge on any atom is 0.334 e. The number of hydrazine groups is 1. The zero-order valence-corrected chi connectivity index (χ0v) is 20.0. The average Bonchev–Trinajstić information content (AvgIpc) is 2.81. The van der Waals surface area contributed by atoms with Crippen LogP contribution in [-0.2, 0) is 20.9 Å². The van der Waals surface area contributed by atoms with E-state index in [0.717, 1.165) is 31.2 Å². The highest BCUT2D eigenvalue weighted by atomic mass is 16.4. The first-order chi connectivity index (χ1) is 16.3. The molecule has 2 aliphatic heterocycles. The molecule has 0 bridgehead atoms. The van der Waals surface area contributed by atoms with Gasteiger partial charge in [-0.05, 0) is 18.4 Å². The van der Waals surface area contributed by atoms with E-state index in [0.29, 0.717) is 13.1 Å². The molecule has 0 aliphatic carbocycles. The van der Waals surface area contributed by atoms with Crippen LogP contribution in [-0.4, -0.2) is 87.6 Å². The number of hydrogen-bond donors (Lipinski definition) is 2. The number of urea groups is 1.